The van der Waals surface area contributed by atoms with E-state index in [1.54, 1.807) is 11.3 Å². The fourth-order valence-corrected chi connectivity index (χ4v) is 2.75. The van der Waals surface area contributed by atoms with Gasteiger partial charge in [0.1, 0.15) is 0 Å². The lowest BCUT2D eigenvalue weighted by atomic mass is 9.87. The first-order valence-electron chi connectivity index (χ1n) is 5.45. The summed E-state index contributed by atoms with van der Waals surface area (Å²) in [6.45, 7) is 3.30. The van der Waals surface area contributed by atoms with Crippen molar-refractivity contribution in [1.29, 1.82) is 0 Å². The molecule has 1 aromatic heterocycles. The third-order valence-electron chi connectivity index (χ3n) is 2.99. The largest absolute Gasteiger partial charge is 0.308 e. The molecule has 78 valence electrons. The Bertz CT molecular complexity index is 258. The summed E-state index contributed by atoms with van der Waals surface area (Å²) in [7, 11) is 0. The minimum atomic E-state index is 0.723. The molecule has 2 atom stereocenters. The number of thiazole rings is 1. The molecule has 2 rings (SSSR count). The second kappa shape index (κ2) is 4.89. The van der Waals surface area contributed by atoms with E-state index in [4.69, 9.17) is 0 Å². The maximum Gasteiger partial charge on any atom is 0.0795 e. The lowest BCUT2D eigenvalue weighted by Crippen LogP contribution is -2.33. The number of rotatable bonds is 3. The molecule has 1 aliphatic carbocycles. The molecule has 14 heavy (non-hydrogen) atoms. The maximum atomic E-state index is 4.28. The Morgan fingerprint density at radius 3 is 3.21 bits per heavy atom. The van der Waals surface area contributed by atoms with E-state index in [2.05, 4.69) is 22.6 Å². The fourth-order valence-electron chi connectivity index (χ4n) is 2.19. The van der Waals surface area contributed by atoms with E-state index < -0.39 is 0 Å². The van der Waals surface area contributed by atoms with Gasteiger partial charge in [-0.2, -0.15) is 0 Å². The van der Waals surface area contributed by atoms with Crippen LogP contribution in [0.3, 0.4) is 0 Å². The van der Waals surface area contributed by atoms with Crippen molar-refractivity contribution >= 4 is 11.3 Å². The monoisotopic (exact) mass is 210 g/mol. The van der Waals surface area contributed by atoms with Gasteiger partial charge in [-0.25, -0.2) is 4.98 Å². The number of nitrogens with zero attached hydrogens (tertiary/aromatic N) is 1. The van der Waals surface area contributed by atoms with Gasteiger partial charge in [0.25, 0.3) is 0 Å². The van der Waals surface area contributed by atoms with E-state index in [1.165, 1.54) is 31.4 Å². The van der Waals surface area contributed by atoms with Gasteiger partial charge in [-0.3, -0.25) is 0 Å². The van der Waals surface area contributed by atoms with E-state index in [0.29, 0.717) is 0 Å². The molecule has 2 nitrogen and oxygen atoms in total. The number of hydrogen-bond donors (Lipinski definition) is 1. The molecule has 1 fully saturated rings. The van der Waals surface area contributed by atoms with Crippen molar-refractivity contribution in [2.45, 2.75) is 45.2 Å². The zero-order valence-electron chi connectivity index (χ0n) is 8.70. The van der Waals surface area contributed by atoms with Crippen LogP contribution in [0.4, 0.5) is 0 Å². The molecule has 1 heterocycles. The Hall–Kier alpha value is -0.410. The molecule has 0 bridgehead atoms. The molecule has 3 heteroatoms. The van der Waals surface area contributed by atoms with Crippen molar-refractivity contribution in [3.05, 3.63) is 16.6 Å². The Labute approximate surface area is 89.8 Å². The van der Waals surface area contributed by atoms with E-state index in [-0.39, 0.29) is 0 Å². The molecule has 2 unspecified atom stereocenters. The summed E-state index contributed by atoms with van der Waals surface area (Å²) < 4.78 is 0. The lowest BCUT2D eigenvalue weighted by Gasteiger charge is -2.27. The Morgan fingerprint density at radius 2 is 2.50 bits per heavy atom. The van der Waals surface area contributed by atoms with Crippen molar-refractivity contribution in [3.63, 3.8) is 0 Å². The SMILES string of the molecule is CC1CCCC(NCc2cscn2)C1. The van der Waals surface area contributed by atoms with Crippen molar-refractivity contribution < 1.29 is 0 Å². The van der Waals surface area contributed by atoms with Gasteiger partial charge in [0, 0.05) is 18.0 Å². The van der Waals surface area contributed by atoms with E-state index in [9.17, 15) is 0 Å². The number of nitrogens with one attached hydrogen (secondary N) is 1. The van der Waals surface area contributed by atoms with Gasteiger partial charge < -0.3 is 5.32 Å². The summed E-state index contributed by atoms with van der Waals surface area (Å²) in [6.07, 6.45) is 5.48. The van der Waals surface area contributed by atoms with E-state index in [0.717, 1.165) is 18.5 Å². The van der Waals surface area contributed by atoms with Crippen molar-refractivity contribution in [1.82, 2.24) is 10.3 Å². The Balaban J connectivity index is 1.75. The molecule has 0 aromatic carbocycles. The summed E-state index contributed by atoms with van der Waals surface area (Å²) in [5, 5.41) is 5.72. The highest BCUT2D eigenvalue weighted by Gasteiger charge is 2.17. The topological polar surface area (TPSA) is 24.9 Å². The number of hydrogen-bond acceptors (Lipinski definition) is 3. The van der Waals surface area contributed by atoms with Crippen LogP contribution in [-0.2, 0) is 6.54 Å². The molecule has 0 radical (unpaired) electrons. The van der Waals surface area contributed by atoms with Crippen molar-refractivity contribution in [2.75, 3.05) is 0 Å². The van der Waals surface area contributed by atoms with Gasteiger partial charge in [-0.1, -0.05) is 19.8 Å². The Kier molecular flexibility index (Phi) is 3.54. The van der Waals surface area contributed by atoms with E-state index >= 15 is 0 Å². The van der Waals surface area contributed by atoms with Crippen LogP contribution in [-0.4, -0.2) is 11.0 Å². The van der Waals surface area contributed by atoms with Crippen LogP contribution in [0.25, 0.3) is 0 Å². The van der Waals surface area contributed by atoms with Crippen LogP contribution < -0.4 is 5.32 Å². The molecule has 0 aliphatic heterocycles. The van der Waals surface area contributed by atoms with Gasteiger partial charge in [0.2, 0.25) is 0 Å². The highest BCUT2D eigenvalue weighted by atomic mass is 32.1. The molecule has 0 spiro atoms. The number of aromatic nitrogens is 1. The van der Waals surface area contributed by atoms with E-state index in [1.807, 2.05) is 5.51 Å². The van der Waals surface area contributed by atoms with Gasteiger partial charge >= 0.3 is 0 Å². The zero-order valence-corrected chi connectivity index (χ0v) is 9.52. The van der Waals surface area contributed by atoms with Crippen LogP contribution in [0.2, 0.25) is 0 Å². The molecule has 1 saturated carbocycles. The Morgan fingerprint density at radius 1 is 1.57 bits per heavy atom. The minimum Gasteiger partial charge on any atom is -0.308 e. The van der Waals surface area contributed by atoms with Gasteiger partial charge in [-0.05, 0) is 18.8 Å². The molecule has 0 saturated heterocycles. The zero-order chi connectivity index (χ0) is 9.80. The molecular weight excluding hydrogens is 192 g/mol. The summed E-state index contributed by atoms with van der Waals surface area (Å²) in [6, 6.07) is 0.723. The predicted molar refractivity (Wildman–Crippen MR) is 60.4 cm³/mol. The molecule has 1 aromatic rings. The molecule has 1 N–H and O–H groups in total. The fraction of sp³-hybridized carbons (Fsp3) is 0.727. The maximum absolute atomic E-state index is 4.28. The standard InChI is InChI=1S/C11H18N2S/c1-9-3-2-4-10(5-9)12-6-11-7-14-8-13-11/h7-10,12H,2-6H2,1H3. The summed E-state index contributed by atoms with van der Waals surface area (Å²) in [5.74, 6) is 0.900. The van der Waals surface area contributed by atoms with Crippen molar-refractivity contribution in [3.8, 4) is 0 Å². The minimum absolute atomic E-state index is 0.723. The van der Waals surface area contributed by atoms with Crippen LogP contribution >= 0.6 is 11.3 Å². The van der Waals surface area contributed by atoms with Crippen molar-refractivity contribution in [2.24, 2.45) is 5.92 Å². The van der Waals surface area contributed by atoms with Gasteiger partial charge in [-0.15, -0.1) is 11.3 Å². The average molecular weight is 210 g/mol. The first-order valence-corrected chi connectivity index (χ1v) is 6.39. The van der Waals surface area contributed by atoms with Crippen LogP contribution in [0, 0.1) is 5.92 Å². The summed E-state index contributed by atoms with van der Waals surface area (Å²) >= 11 is 1.68. The molecule has 1 aliphatic rings. The van der Waals surface area contributed by atoms with Crippen LogP contribution in [0.1, 0.15) is 38.3 Å². The van der Waals surface area contributed by atoms with Crippen LogP contribution in [0.5, 0.6) is 0 Å². The highest BCUT2D eigenvalue weighted by molar-refractivity contribution is 7.07. The third-order valence-corrected chi connectivity index (χ3v) is 3.63. The highest BCUT2D eigenvalue weighted by Crippen LogP contribution is 2.23. The molecular formula is C11H18N2S. The summed E-state index contributed by atoms with van der Waals surface area (Å²) in [5.41, 5.74) is 3.09. The normalized spacial score (nSPS) is 27.8. The third kappa shape index (κ3) is 2.79. The van der Waals surface area contributed by atoms with Crippen LogP contribution in [0.15, 0.2) is 10.9 Å². The molecule has 0 amide bonds. The first kappa shape index (κ1) is 10.1. The van der Waals surface area contributed by atoms with Gasteiger partial charge in [0.15, 0.2) is 0 Å². The van der Waals surface area contributed by atoms with Gasteiger partial charge in [0.05, 0.1) is 11.2 Å². The first-order chi connectivity index (χ1) is 6.84. The lowest BCUT2D eigenvalue weighted by molar-refractivity contribution is 0.300. The predicted octanol–water partition coefficient (Wildman–Crippen LogP) is 2.81. The quantitative estimate of drug-likeness (QED) is 0.830. The smallest absolute Gasteiger partial charge is 0.0795 e. The average Bonchev–Trinajstić information content (AvgIpc) is 2.67. The second-order valence-corrected chi connectivity index (χ2v) is 5.05. The summed E-state index contributed by atoms with van der Waals surface area (Å²) in [4.78, 5) is 4.28. The second-order valence-electron chi connectivity index (χ2n) is 4.33.